The zero-order valence-electron chi connectivity index (χ0n) is 11.9. The van der Waals surface area contributed by atoms with Gasteiger partial charge in [0.25, 0.3) is 5.91 Å². The molecule has 0 N–H and O–H groups in total. The summed E-state index contributed by atoms with van der Waals surface area (Å²) in [5.74, 6) is 0.328. The minimum atomic E-state index is -0.377. The van der Waals surface area contributed by atoms with Crippen LogP contribution in [0.15, 0.2) is 16.7 Å². The van der Waals surface area contributed by atoms with Crippen LogP contribution in [0.25, 0.3) is 0 Å². The van der Waals surface area contributed by atoms with Crippen LogP contribution >= 0.6 is 0 Å². The predicted octanol–water partition coefficient (Wildman–Crippen LogP) is 1.85. The van der Waals surface area contributed by atoms with E-state index in [0.29, 0.717) is 25.5 Å². The monoisotopic (exact) mass is 267 g/mol. The molecule has 1 unspecified atom stereocenters. The van der Waals surface area contributed by atoms with Crippen molar-refractivity contribution in [2.24, 2.45) is 0 Å². The lowest BCUT2D eigenvalue weighted by Crippen LogP contribution is -2.55. The summed E-state index contributed by atoms with van der Waals surface area (Å²) in [5.41, 5.74) is 0.482. The van der Waals surface area contributed by atoms with Gasteiger partial charge in [-0.25, -0.2) is 0 Å². The van der Waals surface area contributed by atoms with Crippen molar-refractivity contribution < 1.29 is 18.7 Å². The number of hydrogen-bond acceptors (Lipinski definition) is 4. The van der Waals surface area contributed by atoms with Crippen LogP contribution in [0, 0.1) is 6.92 Å². The van der Waals surface area contributed by atoms with Crippen LogP contribution in [0.4, 0.5) is 0 Å². The number of methoxy groups -OCH3 is 1. The average Bonchev–Trinajstić information content (AvgIpc) is 2.73. The number of aryl methyl sites for hydroxylation is 1. The van der Waals surface area contributed by atoms with Crippen molar-refractivity contribution in [1.82, 2.24) is 4.90 Å². The first-order chi connectivity index (χ1) is 8.93. The summed E-state index contributed by atoms with van der Waals surface area (Å²) in [4.78, 5) is 14.2. The molecule has 5 nitrogen and oxygen atoms in total. The molecule has 1 fully saturated rings. The molecular weight excluding hydrogens is 246 g/mol. The van der Waals surface area contributed by atoms with Gasteiger partial charge in [0.1, 0.15) is 0 Å². The highest BCUT2D eigenvalue weighted by molar-refractivity contribution is 5.93. The van der Waals surface area contributed by atoms with E-state index < -0.39 is 0 Å². The Labute approximate surface area is 113 Å². The van der Waals surface area contributed by atoms with Crippen LogP contribution in [0.1, 0.15) is 30.0 Å². The van der Waals surface area contributed by atoms with Gasteiger partial charge in [-0.1, -0.05) is 0 Å². The van der Waals surface area contributed by atoms with Gasteiger partial charge in [-0.15, -0.1) is 0 Å². The summed E-state index contributed by atoms with van der Waals surface area (Å²) in [7, 11) is 1.63. The van der Waals surface area contributed by atoms with Gasteiger partial charge in [-0.05, 0) is 26.8 Å². The standard InChI is InChI=1S/C14H21NO4/c1-10-5-6-18-12(10)13(16)15-7-11(8-17-4)19-14(2,3)9-15/h5-6,11H,7-9H2,1-4H3. The van der Waals surface area contributed by atoms with Crippen LogP contribution in [0.2, 0.25) is 0 Å². The molecule has 1 aromatic rings. The summed E-state index contributed by atoms with van der Waals surface area (Å²) in [6, 6.07) is 1.80. The van der Waals surface area contributed by atoms with Crippen LogP contribution in [-0.2, 0) is 9.47 Å². The summed E-state index contributed by atoms with van der Waals surface area (Å²) in [6.07, 6.45) is 1.44. The third-order valence-electron chi connectivity index (χ3n) is 3.18. The number of rotatable bonds is 3. The smallest absolute Gasteiger partial charge is 0.290 e. The van der Waals surface area contributed by atoms with Crippen molar-refractivity contribution in [3.8, 4) is 0 Å². The van der Waals surface area contributed by atoms with E-state index in [0.717, 1.165) is 5.56 Å². The van der Waals surface area contributed by atoms with Crippen LogP contribution in [0.3, 0.4) is 0 Å². The third-order valence-corrected chi connectivity index (χ3v) is 3.18. The molecule has 0 radical (unpaired) electrons. The number of furan rings is 1. The molecular formula is C14H21NO4. The Morgan fingerprint density at radius 1 is 1.58 bits per heavy atom. The van der Waals surface area contributed by atoms with Crippen molar-refractivity contribution in [2.45, 2.75) is 32.5 Å². The van der Waals surface area contributed by atoms with Crippen molar-refractivity contribution >= 4 is 5.91 Å². The van der Waals surface area contributed by atoms with Gasteiger partial charge in [0.05, 0.1) is 24.6 Å². The Bertz CT molecular complexity index is 452. The summed E-state index contributed by atoms with van der Waals surface area (Å²) >= 11 is 0. The van der Waals surface area contributed by atoms with E-state index in [4.69, 9.17) is 13.9 Å². The molecule has 1 aliphatic rings. The molecule has 5 heteroatoms. The zero-order chi connectivity index (χ0) is 14.0. The first-order valence-corrected chi connectivity index (χ1v) is 6.43. The van der Waals surface area contributed by atoms with Gasteiger partial charge in [-0.2, -0.15) is 0 Å². The molecule has 1 amide bonds. The lowest BCUT2D eigenvalue weighted by atomic mass is 10.0. The summed E-state index contributed by atoms with van der Waals surface area (Å²) in [6.45, 7) is 7.37. The molecule has 0 bridgehead atoms. The molecule has 0 saturated carbocycles. The normalized spacial score (nSPS) is 22.5. The van der Waals surface area contributed by atoms with Gasteiger partial charge >= 0.3 is 0 Å². The van der Waals surface area contributed by atoms with E-state index in [1.807, 2.05) is 20.8 Å². The van der Waals surface area contributed by atoms with E-state index >= 15 is 0 Å². The van der Waals surface area contributed by atoms with E-state index in [-0.39, 0.29) is 17.6 Å². The van der Waals surface area contributed by atoms with Crippen molar-refractivity contribution in [3.05, 3.63) is 23.7 Å². The predicted molar refractivity (Wildman–Crippen MR) is 70.2 cm³/mol. The lowest BCUT2D eigenvalue weighted by molar-refractivity contribution is -0.143. The zero-order valence-corrected chi connectivity index (χ0v) is 11.9. The molecule has 0 aliphatic carbocycles. The largest absolute Gasteiger partial charge is 0.459 e. The Morgan fingerprint density at radius 3 is 2.89 bits per heavy atom. The minimum absolute atomic E-state index is 0.0834. The maximum Gasteiger partial charge on any atom is 0.290 e. The summed E-state index contributed by atoms with van der Waals surface area (Å²) in [5, 5.41) is 0. The molecule has 1 aliphatic heterocycles. The van der Waals surface area contributed by atoms with Crippen molar-refractivity contribution in [2.75, 3.05) is 26.8 Å². The van der Waals surface area contributed by atoms with Gasteiger partial charge in [0.2, 0.25) is 0 Å². The van der Waals surface area contributed by atoms with Gasteiger partial charge in [0, 0.05) is 25.8 Å². The van der Waals surface area contributed by atoms with Crippen LogP contribution in [0.5, 0.6) is 0 Å². The van der Waals surface area contributed by atoms with Crippen LogP contribution < -0.4 is 0 Å². The third kappa shape index (κ3) is 3.16. The number of morpholine rings is 1. The quantitative estimate of drug-likeness (QED) is 0.838. The number of carbonyl (C=O) groups excluding carboxylic acids is 1. The van der Waals surface area contributed by atoms with Crippen LogP contribution in [-0.4, -0.2) is 49.3 Å². The van der Waals surface area contributed by atoms with Crippen molar-refractivity contribution in [3.63, 3.8) is 0 Å². The molecule has 1 aromatic heterocycles. The second-order valence-electron chi connectivity index (χ2n) is 5.57. The van der Waals surface area contributed by atoms with Gasteiger partial charge in [-0.3, -0.25) is 4.79 Å². The van der Waals surface area contributed by atoms with E-state index in [2.05, 4.69) is 0 Å². The topological polar surface area (TPSA) is 51.9 Å². The fourth-order valence-corrected chi connectivity index (χ4v) is 2.46. The lowest BCUT2D eigenvalue weighted by Gasteiger charge is -2.42. The molecule has 19 heavy (non-hydrogen) atoms. The van der Waals surface area contributed by atoms with E-state index in [1.54, 1.807) is 24.3 Å². The highest BCUT2D eigenvalue weighted by Crippen LogP contribution is 2.23. The highest BCUT2D eigenvalue weighted by atomic mass is 16.5. The van der Waals surface area contributed by atoms with Crippen molar-refractivity contribution in [1.29, 1.82) is 0 Å². The van der Waals surface area contributed by atoms with Gasteiger partial charge < -0.3 is 18.8 Å². The van der Waals surface area contributed by atoms with Gasteiger partial charge in [0.15, 0.2) is 5.76 Å². The fourth-order valence-electron chi connectivity index (χ4n) is 2.46. The maximum absolute atomic E-state index is 12.5. The molecule has 2 heterocycles. The Morgan fingerprint density at radius 2 is 2.32 bits per heavy atom. The first-order valence-electron chi connectivity index (χ1n) is 6.43. The SMILES string of the molecule is COCC1CN(C(=O)c2occc2C)CC(C)(C)O1. The molecule has 0 aromatic carbocycles. The molecule has 106 valence electrons. The molecule has 1 atom stereocenters. The number of nitrogens with zero attached hydrogens (tertiary/aromatic N) is 1. The number of ether oxygens (including phenoxy) is 2. The molecule has 1 saturated heterocycles. The van der Waals surface area contributed by atoms with E-state index in [9.17, 15) is 4.79 Å². The highest BCUT2D eigenvalue weighted by Gasteiger charge is 2.36. The van der Waals surface area contributed by atoms with E-state index in [1.165, 1.54) is 0 Å². The first kappa shape index (κ1) is 14.1. The second kappa shape index (κ2) is 5.35. The Kier molecular flexibility index (Phi) is 3.96. The minimum Gasteiger partial charge on any atom is -0.459 e. The summed E-state index contributed by atoms with van der Waals surface area (Å²) < 4.78 is 16.3. The second-order valence-corrected chi connectivity index (χ2v) is 5.57. The number of hydrogen-bond donors (Lipinski definition) is 0. The maximum atomic E-state index is 12.5. The average molecular weight is 267 g/mol. The molecule has 0 spiro atoms. The fraction of sp³-hybridized carbons (Fsp3) is 0.643. The Balaban J connectivity index is 2.15. The number of amides is 1. The Hall–Kier alpha value is -1.33. The number of carbonyl (C=O) groups is 1. The molecule has 2 rings (SSSR count).